The molecular formula is C10H9NO3. The van der Waals surface area contributed by atoms with Gasteiger partial charge in [-0.3, -0.25) is 9.59 Å². The highest BCUT2D eigenvalue weighted by molar-refractivity contribution is 6.51. The van der Waals surface area contributed by atoms with Crippen LogP contribution in [0, 0.1) is 6.92 Å². The van der Waals surface area contributed by atoms with Crippen molar-refractivity contribution in [3.8, 4) is 5.75 Å². The maximum absolute atomic E-state index is 11.3. The van der Waals surface area contributed by atoms with Gasteiger partial charge in [0.1, 0.15) is 5.75 Å². The van der Waals surface area contributed by atoms with Gasteiger partial charge in [0, 0.05) is 6.07 Å². The predicted molar refractivity (Wildman–Crippen MR) is 50.7 cm³/mol. The SMILES string of the molecule is COc1cc2c(cc1C)C(=O)C(=O)N2. The summed E-state index contributed by atoms with van der Waals surface area (Å²) in [4.78, 5) is 22.3. The minimum atomic E-state index is -0.576. The summed E-state index contributed by atoms with van der Waals surface area (Å²) in [5.74, 6) is -0.392. The van der Waals surface area contributed by atoms with Crippen LogP contribution in [0.2, 0.25) is 0 Å². The molecule has 72 valence electrons. The number of carbonyl (C=O) groups is 2. The van der Waals surface area contributed by atoms with Crippen LogP contribution in [-0.4, -0.2) is 18.8 Å². The number of ether oxygens (including phenoxy) is 1. The first-order valence-corrected chi connectivity index (χ1v) is 4.18. The van der Waals surface area contributed by atoms with Crippen LogP contribution in [0.4, 0.5) is 5.69 Å². The highest BCUT2D eigenvalue weighted by atomic mass is 16.5. The molecule has 0 saturated heterocycles. The van der Waals surface area contributed by atoms with Gasteiger partial charge in [0.15, 0.2) is 0 Å². The number of carbonyl (C=O) groups excluding carboxylic acids is 2. The van der Waals surface area contributed by atoms with Crippen molar-refractivity contribution in [3.63, 3.8) is 0 Å². The zero-order valence-electron chi connectivity index (χ0n) is 7.88. The van der Waals surface area contributed by atoms with Crippen LogP contribution in [0.3, 0.4) is 0 Å². The van der Waals surface area contributed by atoms with Crippen LogP contribution in [0.1, 0.15) is 15.9 Å². The van der Waals surface area contributed by atoms with E-state index >= 15 is 0 Å². The Morgan fingerprint density at radius 1 is 1.29 bits per heavy atom. The van der Waals surface area contributed by atoms with E-state index in [0.717, 1.165) is 5.56 Å². The van der Waals surface area contributed by atoms with Crippen molar-refractivity contribution in [2.45, 2.75) is 6.92 Å². The second kappa shape index (κ2) is 2.83. The van der Waals surface area contributed by atoms with Crippen LogP contribution in [-0.2, 0) is 4.79 Å². The van der Waals surface area contributed by atoms with E-state index in [0.29, 0.717) is 17.0 Å². The van der Waals surface area contributed by atoms with E-state index in [9.17, 15) is 9.59 Å². The molecule has 0 atom stereocenters. The van der Waals surface area contributed by atoms with Crippen LogP contribution in [0.25, 0.3) is 0 Å². The predicted octanol–water partition coefficient (Wildman–Crippen LogP) is 1.14. The van der Waals surface area contributed by atoms with Crippen molar-refractivity contribution in [1.29, 1.82) is 0 Å². The Morgan fingerprint density at radius 2 is 2.00 bits per heavy atom. The molecule has 0 aliphatic carbocycles. The van der Waals surface area contributed by atoms with Gasteiger partial charge in [-0.25, -0.2) is 0 Å². The number of anilines is 1. The van der Waals surface area contributed by atoms with Crippen LogP contribution < -0.4 is 10.1 Å². The molecule has 1 aromatic carbocycles. The highest BCUT2D eigenvalue weighted by Crippen LogP contribution is 2.30. The lowest BCUT2D eigenvalue weighted by Gasteiger charge is -2.05. The second-order valence-corrected chi connectivity index (χ2v) is 3.15. The number of hydrogen-bond acceptors (Lipinski definition) is 3. The molecule has 4 heteroatoms. The summed E-state index contributed by atoms with van der Waals surface area (Å²) in [7, 11) is 1.55. The van der Waals surface area contributed by atoms with Gasteiger partial charge in [-0.2, -0.15) is 0 Å². The lowest BCUT2D eigenvalue weighted by atomic mass is 10.1. The third-order valence-corrected chi connectivity index (χ3v) is 2.23. The van der Waals surface area contributed by atoms with Gasteiger partial charge in [0.25, 0.3) is 11.7 Å². The lowest BCUT2D eigenvalue weighted by Crippen LogP contribution is -2.12. The van der Waals surface area contributed by atoms with E-state index in [2.05, 4.69) is 5.32 Å². The quantitative estimate of drug-likeness (QED) is 0.677. The van der Waals surface area contributed by atoms with Crippen LogP contribution in [0.5, 0.6) is 5.75 Å². The molecule has 0 unspecified atom stereocenters. The number of ketones is 1. The van der Waals surface area contributed by atoms with E-state index in [4.69, 9.17) is 4.74 Å². The number of fused-ring (bicyclic) bond motifs is 1. The third-order valence-electron chi connectivity index (χ3n) is 2.23. The number of methoxy groups -OCH3 is 1. The molecule has 1 aliphatic rings. The molecule has 1 aliphatic heterocycles. The van der Waals surface area contributed by atoms with Crippen molar-refractivity contribution < 1.29 is 14.3 Å². The summed E-state index contributed by atoms with van der Waals surface area (Å²) in [5.41, 5.74) is 1.80. The lowest BCUT2D eigenvalue weighted by molar-refractivity contribution is -0.112. The number of Topliss-reactive ketones (excluding diaryl/α,β-unsaturated/α-hetero) is 1. The Hall–Kier alpha value is -1.84. The second-order valence-electron chi connectivity index (χ2n) is 3.15. The summed E-state index contributed by atoms with van der Waals surface area (Å²) in [6.07, 6.45) is 0. The van der Waals surface area contributed by atoms with Gasteiger partial charge in [0.05, 0.1) is 18.4 Å². The summed E-state index contributed by atoms with van der Waals surface area (Å²) in [6.45, 7) is 1.83. The third kappa shape index (κ3) is 1.08. The summed E-state index contributed by atoms with van der Waals surface area (Å²) < 4.78 is 5.08. The number of hydrogen-bond donors (Lipinski definition) is 1. The van der Waals surface area contributed by atoms with Crippen molar-refractivity contribution in [2.24, 2.45) is 0 Å². The zero-order chi connectivity index (χ0) is 10.3. The summed E-state index contributed by atoms with van der Waals surface area (Å²) in [5, 5.41) is 2.48. The molecular weight excluding hydrogens is 182 g/mol. The number of amides is 1. The molecule has 2 rings (SSSR count). The molecule has 0 bridgehead atoms. The Labute approximate surface area is 80.9 Å². The molecule has 0 fully saturated rings. The van der Waals surface area contributed by atoms with Crippen molar-refractivity contribution in [3.05, 3.63) is 23.3 Å². The Balaban J connectivity index is 2.60. The topological polar surface area (TPSA) is 55.4 Å². The van der Waals surface area contributed by atoms with Gasteiger partial charge in [-0.15, -0.1) is 0 Å². The fraction of sp³-hybridized carbons (Fsp3) is 0.200. The number of rotatable bonds is 1. The molecule has 0 radical (unpaired) electrons. The average Bonchev–Trinajstić information content (AvgIpc) is 2.43. The van der Waals surface area contributed by atoms with Gasteiger partial charge in [0.2, 0.25) is 0 Å². The van der Waals surface area contributed by atoms with E-state index in [1.54, 1.807) is 19.2 Å². The van der Waals surface area contributed by atoms with E-state index < -0.39 is 11.7 Å². The molecule has 0 saturated carbocycles. The molecule has 1 N–H and O–H groups in total. The fourth-order valence-corrected chi connectivity index (χ4v) is 1.50. The van der Waals surface area contributed by atoms with E-state index in [1.165, 1.54) is 0 Å². The van der Waals surface area contributed by atoms with E-state index in [-0.39, 0.29) is 0 Å². The fourth-order valence-electron chi connectivity index (χ4n) is 1.50. The highest BCUT2D eigenvalue weighted by Gasteiger charge is 2.28. The van der Waals surface area contributed by atoms with Gasteiger partial charge < -0.3 is 10.1 Å². The zero-order valence-corrected chi connectivity index (χ0v) is 7.88. The normalized spacial score (nSPS) is 13.9. The standard InChI is InChI=1S/C10H9NO3/c1-5-3-6-7(4-8(5)14-2)11-10(13)9(6)12/h3-4H,1-2H3,(H,11,12,13). The monoisotopic (exact) mass is 191 g/mol. The maximum atomic E-state index is 11.3. The maximum Gasteiger partial charge on any atom is 0.296 e. The first-order chi connectivity index (χ1) is 6.63. The van der Waals surface area contributed by atoms with Gasteiger partial charge >= 0.3 is 0 Å². The summed E-state index contributed by atoms with van der Waals surface area (Å²) in [6, 6.07) is 3.32. The first kappa shape index (κ1) is 8.74. The number of aryl methyl sites for hydroxylation is 1. The molecule has 0 aromatic heterocycles. The summed E-state index contributed by atoms with van der Waals surface area (Å²) >= 11 is 0. The van der Waals surface area contributed by atoms with Gasteiger partial charge in [-0.05, 0) is 18.6 Å². The van der Waals surface area contributed by atoms with Crippen molar-refractivity contribution in [1.82, 2.24) is 0 Å². The van der Waals surface area contributed by atoms with Crippen LogP contribution >= 0.6 is 0 Å². The van der Waals surface area contributed by atoms with E-state index in [1.807, 2.05) is 6.92 Å². The molecule has 1 heterocycles. The first-order valence-electron chi connectivity index (χ1n) is 4.18. The Bertz CT molecular complexity index is 437. The van der Waals surface area contributed by atoms with Crippen molar-refractivity contribution >= 4 is 17.4 Å². The molecule has 1 amide bonds. The molecule has 1 aromatic rings. The number of nitrogens with one attached hydrogen (secondary N) is 1. The van der Waals surface area contributed by atoms with Crippen LogP contribution in [0.15, 0.2) is 12.1 Å². The smallest absolute Gasteiger partial charge is 0.296 e. The van der Waals surface area contributed by atoms with Gasteiger partial charge in [-0.1, -0.05) is 0 Å². The minimum absolute atomic E-state index is 0.424. The average molecular weight is 191 g/mol. The minimum Gasteiger partial charge on any atom is -0.496 e. The molecule has 14 heavy (non-hydrogen) atoms. The Morgan fingerprint density at radius 3 is 2.64 bits per heavy atom. The number of benzene rings is 1. The molecule has 0 spiro atoms. The molecule has 4 nitrogen and oxygen atoms in total. The Kier molecular flexibility index (Phi) is 1.77. The van der Waals surface area contributed by atoms with Crippen molar-refractivity contribution in [2.75, 3.05) is 12.4 Å². The largest absolute Gasteiger partial charge is 0.496 e.